The van der Waals surface area contributed by atoms with Gasteiger partial charge in [-0.05, 0) is 24.6 Å². The maximum Gasteiger partial charge on any atom is 0.228 e. The molecule has 106 valence electrons. The number of carbonyl (C=O) groups is 1. The van der Waals surface area contributed by atoms with Gasteiger partial charge >= 0.3 is 0 Å². The highest BCUT2D eigenvalue weighted by molar-refractivity contribution is 5.78. The van der Waals surface area contributed by atoms with Crippen LogP contribution < -0.4 is 10.1 Å². The maximum atomic E-state index is 12.0. The van der Waals surface area contributed by atoms with Gasteiger partial charge < -0.3 is 14.6 Å². The number of amides is 1. The Hall–Kier alpha value is -2.30. The summed E-state index contributed by atoms with van der Waals surface area (Å²) >= 11 is 0. The van der Waals surface area contributed by atoms with Crippen molar-refractivity contribution in [1.29, 1.82) is 0 Å². The average molecular weight is 273 g/mol. The molecule has 1 amide bonds. The van der Waals surface area contributed by atoms with Crippen LogP contribution in [0.3, 0.4) is 0 Å². The molecule has 5 heteroatoms. The lowest BCUT2D eigenvalue weighted by molar-refractivity contribution is -0.121. The minimum Gasteiger partial charge on any atom is -0.497 e. The highest BCUT2D eigenvalue weighted by Gasteiger charge is 2.12. The third-order valence-corrected chi connectivity index (χ3v) is 3.23. The van der Waals surface area contributed by atoms with E-state index < -0.39 is 0 Å². The van der Waals surface area contributed by atoms with Crippen LogP contribution in [-0.4, -0.2) is 22.6 Å². The number of imidazole rings is 1. The largest absolute Gasteiger partial charge is 0.497 e. The van der Waals surface area contributed by atoms with Gasteiger partial charge in [0.25, 0.3) is 0 Å². The number of hydrogen-bond donors (Lipinski definition) is 1. The molecule has 0 saturated carbocycles. The molecule has 1 aromatic carbocycles. The van der Waals surface area contributed by atoms with Gasteiger partial charge in [0.2, 0.25) is 5.91 Å². The first-order chi connectivity index (χ1) is 9.60. The van der Waals surface area contributed by atoms with Crippen LogP contribution in [0, 0.1) is 0 Å². The summed E-state index contributed by atoms with van der Waals surface area (Å²) in [4.78, 5) is 16.1. The summed E-state index contributed by atoms with van der Waals surface area (Å²) in [5.41, 5.74) is 1.04. The van der Waals surface area contributed by atoms with Crippen LogP contribution in [-0.2, 0) is 18.3 Å². The van der Waals surface area contributed by atoms with Crippen molar-refractivity contribution in [2.24, 2.45) is 7.05 Å². The fraction of sp³-hybridized carbons (Fsp3) is 0.333. The van der Waals surface area contributed by atoms with Crippen molar-refractivity contribution in [3.63, 3.8) is 0 Å². The molecule has 0 radical (unpaired) electrons. The number of benzene rings is 1. The zero-order chi connectivity index (χ0) is 14.5. The SMILES string of the molecule is COc1ccc(C(C)NC(=O)Cc2nccn2C)cc1. The van der Waals surface area contributed by atoms with Crippen LogP contribution in [0.15, 0.2) is 36.7 Å². The number of nitrogens with one attached hydrogen (secondary N) is 1. The Morgan fingerprint density at radius 2 is 2.10 bits per heavy atom. The third kappa shape index (κ3) is 3.38. The Labute approximate surface area is 118 Å². The van der Waals surface area contributed by atoms with E-state index >= 15 is 0 Å². The summed E-state index contributed by atoms with van der Waals surface area (Å²) in [6.07, 6.45) is 3.80. The summed E-state index contributed by atoms with van der Waals surface area (Å²) in [7, 11) is 3.51. The second kappa shape index (κ2) is 6.23. The van der Waals surface area contributed by atoms with Crippen molar-refractivity contribution in [3.8, 4) is 5.75 Å². The van der Waals surface area contributed by atoms with Gasteiger partial charge in [0, 0.05) is 19.4 Å². The van der Waals surface area contributed by atoms with Crippen LogP contribution in [0.25, 0.3) is 0 Å². The molecule has 1 aromatic heterocycles. The number of hydrogen-bond acceptors (Lipinski definition) is 3. The van der Waals surface area contributed by atoms with Gasteiger partial charge in [-0.25, -0.2) is 4.98 Å². The maximum absolute atomic E-state index is 12.0. The normalized spacial score (nSPS) is 11.9. The van der Waals surface area contributed by atoms with E-state index in [0.717, 1.165) is 17.1 Å². The number of carbonyl (C=O) groups excluding carboxylic acids is 1. The monoisotopic (exact) mass is 273 g/mol. The van der Waals surface area contributed by atoms with Gasteiger partial charge in [0.05, 0.1) is 19.6 Å². The Morgan fingerprint density at radius 1 is 1.40 bits per heavy atom. The van der Waals surface area contributed by atoms with Crippen molar-refractivity contribution in [1.82, 2.24) is 14.9 Å². The zero-order valence-electron chi connectivity index (χ0n) is 12.0. The molecule has 1 heterocycles. The molecule has 20 heavy (non-hydrogen) atoms. The van der Waals surface area contributed by atoms with E-state index in [4.69, 9.17) is 4.74 Å². The molecular weight excluding hydrogens is 254 g/mol. The predicted molar refractivity (Wildman–Crippen MR) is 76.5 cm³/mol. The fourth-order valence-corrected chi connectivity index (χ4v) is 1.98. The molecule has 0 aliphatic rings. The van der Waals surface area contributed by atoms with Crippen LogP contribution in [0.4, 0.5) is 0 Å². The van der Waals surface area contributed by atoms with Gasteiger partial charge in [0.15, 0.2) is 0 Å². The standard InChI is InChI=1S/C15H19N3O2/c1-11(12-4-6-13(20-3)7-5-12)17-15(19)10-14-16-8-9-18(14)2/h4-9,11H,10H2,1-3H3,(H,17,19). The van der Waals surface area contributed by atoms with Crippen molar-refractivity contribution < 1.29 is 9.53 Å². The fourth-order valence-electron chi connectivity index (χ4n) is 1.98. The highest BCUT2D eigenvalue weighted by atomic mass is 16.5. The van der Waals surface area contributed by atoms with Crippen LogP contribution in [0.1, 0.15) is 24.4 Å². The van der Waals surface area contributed by atoms with Crippen molar-refractivity contribution in [2.45, 2.75) is 19.4 Å². The summed E-state index contributed by atoms with van der Waals surface area (Å²) in [5.74, 6) is 1.52. The highest BCUT2D eigenvalue weighted by Crippen LogP contribution is 2.17. The van der Waals surface area contributed by atoms with E-state index in [1.165, 1.54) is 0 Å². The smallest absolute Gasteiger partial charge is 0.228 e. The number of ether oxygens (including phenoxy) is 1. The predicted octanol–water partition coefficient (Wildman–Crippen LogP) is 1.85. The summed E-state index contributed by atoms with van der Waals surface area (Å²) in [6, 6.07) is 7.62. The minimum absolute atomic E-state index is 0.0392. The molecule has 0 saturated heterocycles. The van der Waals surface area contributed by atoms with Crippen LogP contribution in [0.2, 0.25) is 0 Å². The zero-order valence-corrected chi connectivity index (χ0v) is 12.0. The number of aromatic nitrogens is 2. The second-order valence-corrected chi connectivity index (χ2v) is 4.69. The number of methoxy groups -OCH3 is 1. The Balaban J connectivity index is 1.94. The number of nitrogens with zero attached hydrogens (tertiary/aromatic N) is 2. The van der Waals surface area contributed by atoms with E-state index in [0.29, 0.717) is 0 Å². The molecule has 0 fully saturated rings. The molecule has 0 aliphatic heterocycles. The van der Waals surface area contributed by atoms with Gasteiger partial charge in [-0.1, -0.05) is 12.1 Å². The molecular formula is C15H19N3O2. The first-order valence-electron chi connectivity index (χ1n) is 6.49. The Morgan fingerprint density at radius 3 is 2.65 bits per heavy atom. The van der Waals surface area contributed by atoms with E-state index in [1.54, 1.807) is 13.3 Å². The summed E-state index contributed by atoms with van der Waals surface area (Å²) < 4.78 is 6.96. The van der Waals surface area contributed by atoms with Gasteiger partial charge in [-0.3, -0.25) is 4.79 Å². The second-order valence-electron chi connectivity index (χ2n) is 4.69. The molecule has 1 atom stereocenters. The first kappa shape index (κ1) is 14.1. The Bertz CT molecular complexity index is 575. The molecule has 0 spiro atoms. The van der Waals surface area contributed by atoms with E-state index in [9.17, 15) is 4.79 Å². The average Bonchev–Trinajstić information content (AvgIpc) is 2.84. The molecule has 0 bridgehead atoms. The van der Waals surface area contributed by atoms with Crippen molar-refractivity contribution in [3.05, 3.63) is 48.0 Å². The third-order valence-electron chi connectivity index (χ3n) is 3.23. The lowest BCUT2D eigenvalue weighted by Gasteiger charge is -2.14. The molecule has 2 aromatic rings. The van der Waals surface area contributed by atoms with Gasteiger partial charge in [-0.15, -0.1) is 0 Å². The van der Waals surface area contributed by atoms with Crippen LogP contribution >= 0.6 is 0 Å². The quantitative estimate of drug-likeness (QED) is 0.904. The van der Waals surface area contributed by atoms with Gasteiger partial charge in [-0.2, -0.15) is 0 Å². The number of aryl methyl sites for hydroxylation is 1. The van der Waals surface area contributed by atoms with Crippen LogP contribution in [0.5, 0.6) is 5.75 Å². The topological polar surface area (TPSA) is 56.1 Å². The van der Waals surface area contributed by atoms with E-state index in [-0.39, 0.29) is 18.4 Å². The summed E-state index contributed by atoms with van der Waals surface area (Å²) in [5, 5.41) is 2.97. The van der Waals surface area contributed by atoms with E-state index in [2.05, 4.69) is 10.3 Å². The molecule has 1 unspecified atom stereocenters. The molecule has 1 N–H and O–H groups in total. The lowest BCUT2D eigenvalue weighted by Crippen LogP contribution is -2.28. The first-order valence-corrected chi connectivity index (χ1v) is 6.49. The molecule has 2 rings (SSSR count). The van der Waals surface area contributed by atoms with Crippen molar-refractivity contribution in [2.75, 3.05) is 7.11 Å². The van der Waals surface area contributed by atoms with Gasteiger partial charge in [0.1, 0.15) is 11.6 Å². The van der Waals surface area contributed by atoms with Crippen molar-refractivity contribution >= 4 is 5.91 Å². The number of rotatable bonds is 5. The Kier molecular flexibility index (Phi) is 4.40. The molecule has 0 aliphatic carbocycles. The lowest BCUT2D eigenvalue weighted by atomic mass is 10.1. The molecule has 5 nitrogen and oxygen atoms in total. The van der Waals surface area contributed by atoms with E-state index in [1.807, 2.05) is 49.0 Å². The minimum atomic E-state index is -0.0475. The summed E-state index contributed by atoms with van der Waals surface area (Å²) in [6.45, 7) is 1.96.